The number of carbonyl (C=O) groups excluding carboxylic acids is 1. The molecule has 0 aromatic heterocycles. The highest BCUT2D eigenvalue weighted by atomic mass is 28.4. The van der Waals surface area contributed by atoms with Gasteiger partial charge in [0.2, 0.25) is 0 Å². The summed E-state index contributed by atoms with van der Waals surface area (Å²) in [5.74, 6) is -0.156. The Balaban J connectivity index is 1.81. The van der Waals surface area contributed by atoms with Crippen molar-refractivity contribution in [2.24, 2.45) is 5.92 Å². The van der Waals surface area contributed by atoms with Crippen LogP contribution in [0.1, 0.15) is 45.8 Å². The van der Waals surface area contributed by atoms with E-state index in [0.29, 0.717) is 0 Å². The topological polar surface area (TPSA) is 35.5 Å². The van der Waals surface area contributed by atoms with Crippen molar-refractivity contribution in [2.75, 3.05) is 0 Å². The van der Waals surface area contributed by atoms with E-state index < -0.39 is 8.32 Å². The number of esters is 1. The van der Waals surface area contributed by atoms with E-state index in [-0.39, 0.29) is 35.6 Å². The Hall–Kier alpha value is -2.69. The first-order chi connectivity index (χ1) is 15.3. The number of ether oxygens (including phenoxy) is 1. The number of hydrogen-bond donors (Lipinski definition) is 0. The first-order valence-corrected chi connectivity index (χ1v) is 13.3. The summed E-state index contributed by atoms with van der Waals surface area (Å²) in [6.07, 6.45) is -0.261. The molecule has 3 aromatic rings. The van der Waals surface area contributed by atoms with Crippen LogP contribution in [-0.4, -0.2) is 20.4 Å². The van der Waals surface area contributed by atoms with Crippen LogP contribution in [0.3, 0.4) is 0 Å². The normalized spacial score (nSPS) is 21.8. The molecule has 3 aromatic carbocycles. The second kappa shape index (κ2) is 9.05. The number of benzene rings is 3. The second-order valence-corrected chi connectivity index (χ2v) is 14.0. The molecule has 0 aliphatic carbocycles. The van der Waals surface area contributed by atoms with E-state index in [9.17, 15) is 4.79 Å². The average molecular weight is 445 g/mol. The standard InChI is InChI=1S/C28H32O3Si/c1-21-25(20-26(29)30-27(21)22-14-8-5-9-15-22)31-32(28(2,3)4,23-16-10-6-11-17-23)24-18-12-7-13-19-24/h5-19,21,25,27H,20H2,1-4H3/t21-,25-,27+/m0/s1. The first kappa shape index (κ1) is 22.5. The zero-order valence-corrected chi connectivity index (χ0v) is 20.3. The monoisotopic (exact) mass is 444 g/mol. The van der Waals surface area contributed by atoms with Crippen molar-refractivity contribution < 1.29 is 14.0 Å². The Bertz CT molecular complexity index is 989. The van der Waals surface area contributed by atoms with Gasteiger partial charge in [-0.3, -0.25) is 4.79 Å². The van der Waals surface area contributed by atoms with Crippen LogP contribution in [0.2, 0.25) is 5.04 Å². The SMILES string of the molecule is C[C@H]1[C@@H](O[Si](c2ccccc2)(c2ccccc2)C(C)(C)C)CC(=O)O[C@H]1c1ccccc1. The number of hydrogen-bond acceptors (Lipinski definition) is 3. The van der Waals surface area contributed by atoms with Gasteiger partial charge in [-0.2, -0.15) is 0 Å². The predicted molar refractivity (Wildman–Crippen MR) is 132 cm³/mol. The van der Waals surface area contributed by atoms with Crippen molar-refractivity contribution >= 4 is 24.7 Å². The van der Waals surface area contributed by atoms with Gasteiger partial charge in [-0.15, -0.1) is 0 Å². The minimum atomic E-state index is -2.75. The van der Waals surface area contributed by atoms with Crippen LogP contribution in [0.15, 0.2) is 91.0 Å². The maximum Gasteiger partial charge on any atom is 0.309 e. The van der Waals surface area contributed by atoms with Gasteiger partial charge in [0, 0.05) is 5.92 Å². The van der Waals surface area contributed by atoms with Crippen LogP contribution in [0, 0.1) is 5.92 Å². The molecule has 4 heteroatoms. The largest absolute Gasteiger partial charge is 0.457 e. The van der Waals surface area contributed by atoms with Gasteiger partial charge in [0.25, 0.3) is 8.32 Å². The molecular weight excluding hydrogens is 412 g/mol. The average Bonchev–Trinajstić information content (AvgIpc) is 2.80. The van der Waals surface area contributed by atoms with E-state index in [0.717, 1.165) is 5.56 Å². The summed E-state index contributed by atoms with van der Waals surface area (Å²) < 4.78 is 13.1. The smallest absolute Gasteiger partial charge is 0.309 e. The van der Waals surface area contributed by atoms with E-state index in [4.69, 9.17) is 9.16 Å². The van der Waals surface area contributed by atoms with E-state index in [2.05, 4.69) is 76.2 Å². The fraction of sp³-hybridized carbons (Fsp3) is 0.321. The Morgan fingerprint density at radius 2 is 1.28 bits per heavy atom. The van der Waals surface area contributed by atoms with Crippen LogP contribution in [0.25, 0.3) is 0 Å². The van der Waals surface area contributed by atoms with Crippen LogP contribution < -0.4 is 10.4 Å². The van der Waals surface area contributed by atoms with Gasteiger partial charge in [0.05, 0.1) is 12.5 Å². The second-order valence-electron chi connectivity index (χ2n) is 9.70. The molecule has 0 N–H and O–H groups in total. The molecule has 166 valence electrons. The molecule has 0 saturated carbocycles. The molecular formula is C28H32O3Si. The summed E-state index contributed by atoms with van der Waals surface area (Å²) in [6.45, 7) is 8.94. The lowest BCUT2D eigenvalue weighted by atomic mass is 9.89. The molecule has 4 rings (SSSR count). The summed E-state index contributed by atoms with van der Waals surface area (Å²) >= 11 is 0. The predicted octanol–water partition coefficient (Wildman–Crippen LogP) is 5.26. The highest BCUT2D eigenvalue weighted by Gasteiger charge is 2.53. The molecule has 1 aliphatic heterocycles. The van der Waals surface area contributed by atoms with Crippen LogP contribution >= 0.6 is 0 Å². The Labute approximate surface area is 192 Å². The zero-order chi connectivity index (χ0) is 22.8. The summed E-state index contributed by atoms with van der Waals surface area (Å²) in [5, 5.41) is 2.31. The van der Waals surface area contributed by atoms with Gasteiger partial charge in [0.15, 0.2) is 0 Å². The summed E-state index contributed by atoms with van der Waals surface area (Å²) in [5.41, 5.74) is 1.02. The van der Waals surface area contributed by atoms with Gasteiger partial charge >= 0.3 is 5.97 Å². The molecule has 3 nitrogen and oxygen atoms in total. The Morgan fingerprint density at radius 1 is 0.812 bits per heavy atom. The van der Waals surface area contributed by atoms with Crippen molar-refractivity contribution in [3.05, 3.63) is 96.6 Å². The number of carbonyl (C=O) groups is 1. The minimum Gasteiger partial charge on any atom is -0.457 e. The molecule has 1 fully saturated rings. The molecule has 1 saturated heterocycles. The highest BCUT2D eigenvalue weighted by Crippen LogP contribution is 2.42. The van der Waals surface area contributed by atoms with Gasteiger partial charge in [-0.1, -0.05) is 119 Å². The molecule has 32 heavy (non-hydrogen) atoms. The van der Waals surface area contributed by atoms with Gasteiger partial charge in [-0.05, 0) is 21.0 Å². The maximum atomic E-state index is 12.7. The lowest BCUT2D eigenvalue weighted by Gasteiger charge is -2.47. The third-order valence-corrected chi connectivity index (χ3v) is 11.6. The molecule has 0 spiro atoms. The molecule has 3 atom stereocenters. The van der Waals surface area contributed by atoms with Crippen molar-refractivity contribution in [3.8, 4) is 0 Å². The minimum absolute atomic E-state index is 0.0387. The molecule has 1 aliphatic rings. The maximum absolute atomic E-state index is 12.7. The fourth-order valence-corrected chi connectivity index (χ4v) is 9.69. The van der Waals surface area contributed by atoms with Crippen molar-refractivity contribution in [1.29, 1.82) is 0 Å². The summed E-state index contributed by atoms with van der Waals surface area (Å²) in [4.78, 5) is 12.7. The third kappa shape index (κ3) is 4.17. The quantitative estimate of drug-likeness (QED) is 0.398. The number of rotatable bonds is 5. The molecule has 0 unspecified atom stereocenters. The third-order valence-electron chi connectivity index (χ3n) is 6.56. The van der Waals surface area contributed by atoms with Crippen molar-refractivity contribution in [2.45, 2.75) is 51.4 Å². The van der Waals surface area contributed by atoms with E-state index >= 15 is 0 Å². The van der Waals surface area contributed by atoms with Crippen molar-refractivity contribution in [3.63, 3.8) is 0 Å². The molecule has 1 heterocycles. The number of cyclic esters (lactones) is 1. The highest BCUT2D eigenvalue weighted by molar-refractivity contribution is 6.99. The van der Waals surface area contributed by atoms with E-state index in [1.165, 1.54) is 10.4 Å². The summed E-state index contributed by atoms with van der Waals surface area (Å²) in [7, 11) is -2.75. The van der Waals surface area contributed by atoms with Gasteiger partial charge in [0.1, 0.15) is 6.10 Å². The lowest BCUT2D eigenvalue weighted by molar-refractivity contribution is -0.166. The zero-order valence-electron chi connectivity index (χ0n) is 19.3. The summed E-state index contributed by atoms with van der Waals surface area (Å²) in [6, 6.07) is 31.2. The Kier molecular flexibility index (Phi) is 6.36. The van der Waals surface area contributed by atoms with Gasteiger partial charge in [-0.25, -0.2) is 0 Å². The van der Waals surface area contributed by atoms with E-state index in [1.807, 2.05) is 42.5 Å². The lowest BCUT2D eigenvalue weighted by Crippen LogP contribution is -2.68. The van der Waals surface area contributed by atoms with Crippen molar-refractivity contribution in [1.82, 2.24) is 0 Å². The first-order valence-electron chi connectivity index (χ1n) is 11.4. The Morgan fingerprint density at radius 3 is 1.75 bits per heavy atom. The van der Waals surface area contributed by atoms with Crippen LogP contribution in [-0.2, 0) is 14.0 Å². The fourth-order valence-electron chi connectivity index (χ4n) is 4.92. The van der Waals surface area contributed by atoms with Crippen LogP contribution in [0.4, 0.5) is 0 Å². The molecule has 0 amide bonds. The van der Waals surface area contributed by atoms with Gasteiger partial charge < -0.3 is 9.16 Å². The van der Waals surface area contributed by atoms with Crippen LogP contribution in [0.5, 0.6) is 0 Å². The molecule has 0 bridgehead atoms. The molecule has 0 radical (unpaired) electrons. The van der Waals surface area contributed by atoms with E-state index in [1.54, 1.807) is 0 Å².